The fourth-order valence-electron chi connectivity index (χ4n) is 3.31. The molecule has 1 N–H and O–H groups in total. The van der Waals surface area contributed by atoms with E-state index in [2.05, 4.69) is 19.1 Å². The molecule has 30 heavy (non-hydrogen) atoms. The van der Waals surface area contributed by atoms with Crippen molar-refractivity contribution in [3.8, 4) is 0 Å². The van der Waals surface area contributed by atoms with E-state index in [4.69, 9.17) is 9.84 Å². The fraction of sp³-hybridized carbons (Fsp3) is 0.769. The molecule has 0 aromatic carbocycles. The van der Waals surface area contributed by atoms with Crippen molar-refractivity contribution in [3.63, 3.8) is 0 Å². The van der Waals surface area contributed by atoms with Crippen LogP contribution in [0.5, 0.6) is 0 Å². The minimum absolute atomic E-state index is 0.0348. The van der Waals surface area contributed by atoms with E-state index < -0.39 is 5.97 Å². The first-order valence-corrected chi connectivity index (χ1v) is 12.3. The number of allylic oxidation sites excluding steroid dienone is 2. The average Bonchev–Trinajstić information content (AvgIpc) is 2.73. The SMILES string of the molecule is CCCCCCCC/C=C\CCCCCCCCCCCC(=O)OC=C(C)C(=O)O. The monoisotopic (exact) mass is 422 g/mol. The van der Waals surface area contributed by atoms with Gasteiger partial charge in [-0.3, -0.25) is 4.79 Å². The maximum Gasteiger partial charge on any atom is 0.334 e. The Hall–Kier alpha value is -1.58. The highest BCUT2D eigenvalue weighted by Gasteiger charge is 2.04. The molecule has 0 aliphatic rings. The maximum absolute atomic E-state index is 11.5. The zero-order chi connectivity index (χ0) is 22.3. The van der Waals surface area contributed by atoms with Crippen molar-refractivity contribution in [1.29, 1.82) is 0 Å². The summed E-state index contributed by atoms with van der Waals surface area (Å²) in [6, 6.07) is 0. The van der Waals surface area contributed by atoms with Gasteiger partial charge < -0.3 is 9.84 Å². The zero-order valence-corrected chi connectivity index (χ0v) is 19.6. The van der Waals surface area contributed by atoms with Crippen LogP contribution in [0.3, 0.4) is 0 Å². The van der Waals surface area contributed by atoms with Gasteiger partial charge >= 0.3 is 11.9 Å². The minimum atomic E-state index is -1.07. The molecule has 0 aromatic rings. The van der Waals surface area contributed by atoms with Crippen molar-refractivity contribution in [2.24, 2.45) is 0 Å². The topological polar surface area (TPSA) is 63.6 Å². The molecule has 0 aromatic heterocycles. The second-order valence-electron chi connectivity index (χ2n) is 8.34. The van der Waals surface area contributed by atoms with Gasteiger partial charge in [0.1, 0.15) is 6.26 Å². The first kappa shape index (κ1) is 28.4. The van der Waals surface area contributed by atoms with Gasteiger partial charge in [-0.05, 0) is 39.0 Å². The highest BCUT2D eigenvalue weighted by molar-refractivity contribution is 5.85. The Morgan fingerprint density at radius 2 is 1.13 bits per heavy atom. The number of hydrogen-bond acceptors (Lipinski definition) is 3. The van der Waals surface area contributed by atoms with Gasteiger partial charge in [-0.2, -0.15) is 0 Å². The Labute approximate surface area is 185 Å². The number of esters is 1. The molecule has 0 unspecified atom stereocenters. The normalized spacial score (nSPS) is 11.9. The van der Waals surface area contributed by atoms with Gasteiger partial charge in [0.05, 0.1) is 5.57 Å². The number of ether oxygens (including phenoxy) is 1. The molecule has 4 nitrogen and oxygen atoms in total. The van der Waals surface area contributed by atoms with Crippen molar-refractivity contribution in [2.45, 2.75) is 129 Å². The van der Waals surface area contributed by atoms with Crippen molar-refractivity contribution >= 4 is 11.9 Å². The lowest BCUT2D eigenvalue weighted by molar-refractivity contribution is -0.138. The van der Waals surface area contributed by atoms with Crippen LogP contribution in [0.2, 0.25) is 0 Å². The number of hydrogen-bond donors (Lipinski definition) is 1. The molecule has 174 valence electrons. The van der Waals surface area contributed by atoms with Crippen LogP contribution >= 0.6 is 0 Å². The molecule has 0 radical (unpaired) electrons. The lowest BCUT2D eigenvalue weighted by Crippen LogP contribution is -2.02. The third kappa shape index (κ3) is 21.1. The number of rotatable bonds is 21. The summed E-state index contributed by atoms with van der Waals surface area (Å²) in [7, 11) is 0. The molecule has 0 amide bonds. The molecule has 0 saturated heterocycles. The predicted octanol–water partition coefficient (Wildman–Crippen LogP) is 8.12. The van der Waals surface area contributed by atoms with E-state index in [0.29, 0.717) is 6.42 Å². The van der Waals surface area contributed by atoms with Crippen LogP contribution in [-0.2, 0) is 14.3 Å². The smallest absolute Gasteiger partial charge is 0.334 e. The molecule has 4 heteroatoms. The van der Waals surface area contributed by atoms with Crippen LogP contribution in [-0.4, -0.2) is 17.0 Å². The second kappa shape index (κ2) is 22.1. The largest absolute Gasteiger partial charge is 0.478 e. The molecule has 0 saturated carbocycles. The van der Waals surface area contributed by atoms with Crippen LogP contribution in [0.25, 0.3) is 0 Å². The number of carboxylic acids is 1. The van der Waals surface area contributed by atoms with E-state index in [1.165, 1.54) is 96.8 Å². The molecule has 0 fully saturated rings. The van der Waals surface area contributed by atoms with Gasteiger partial charge in [0, 0.05) is 6.42 Å². The van der Waals surface area contributed by atoms with Gasteiger partial charge in [-0.15, -0.1) is 0 Å². The quantitative estimate of drug-likeness (QED) is 0.0667. The van der Waals surface area contributed by atoms with Crippen LogP contribution < -0.4 is 0 Å². The molecular formula is C26H46O4. The summed E-state index contributed by atoms with van der Waals surface area (Å²) in [6.07, 6.45) is 27.6. The first-order valence-electron chi connectivity index (χ1n) is 12.3. The Balaban J connectivity index is 3.28. The Bertz CT molecular complexity index is 479. The molecule has 0 rings (SSSR count). The maximum atomic E-state index is 11.5. The third-order valence-electron chi connectivity index (χ3n) is 5.35. The highest BCUT2D eigenvalue weighted by atomic mass is 16.5. The Morgan fingerprint density at radius 1 is 0.700 bits per heavy atom. The lowest BCUT2D eigenvalue weighted by atomic mass is 10.1. The Kier molecular flexibility index (Phi) is 20.9. The van der Waals surface area contributed by atoms with E-state index >= 15 is 0 Å². The number of aliphatic carboxylic acids is 1. The summed E-state index contributed by atoms with van der Waals surface area (Å²) in [6.45, 7) is 3.67. The van der Waals surface area contributed by atoms with Gasteiger partial charge in [0.2, 0.25) is 0 Å². The highest BCUT2D eigenvalue weighted by Crippen LogP contribution is 2.12. The molecule has 0 aliphatic heterocycles. The van der Waals surface area contributed by atoms with Crippen molar-refractivity contribution in [2.75, 3.05) is 0 Å². The predicted molar refractivity (Wildman–Crippen MR) is 125 cm³/mol. The standard InChI is InChI=1S/C26H46O4/c1-3-4-5-6-7-8-9-10-11-12-13-14-15-16-17-18-19-20-21-22-25(27)30-23-24(2)26(28)29/h10-11,23H,3-9,12-22H2,1-2H3,(H,28,29)/b11-10-,24-23?. The fourth-order valence-corrected chi connectivity index (χ4v) is 3.31. The molecule has 0 heterocycles. The van der Waals surface area contributed by atoms with Crippen LogP contribution in [0.1, 0.15) is 129 Å². The van der Waals surface area contributed by atoms with Gasteiger partial charge in [0.25, 0.3) is 0 Å². The zero-order valence-electron chi connectivity index (χ0n) is 19.6. The molecule has 0 bridgehead atoms. The van der Waals surface area contributed by atoms with Crippen molar-refractivity contribution < 1.29 is 19.4 Å². The van der Waals surface area contributed by atoms with Crippen LogP contribution in [0, 0.1) is 0 Å². The average molecular weight is 423 g/mol. The summed E-state index contributed by atoms with van der Waals surface area (Å²) < 4.78 is 4.82. The summed E-state index contributed by atoms with van der Waals surface area (Å²) in [5.41, 5.74) is 0.0348. The number of carbonyl (C=O) groups is 2. The van der Waals surface area contributed by atoms with E-state index in [0.717, 1.165) is 25.5 Å². The van der Waals surface area contributed by atoms with Crippen molar-refractivity contribution in [3.05, 3.63) is 24.0 Å². The molecular weight excluding hydrogens is 376 g/mol. The number of carbonyl (C=O) groups excluding carboxylic acids is 1. The summed E-state index contributed by atoms with van der Waals surface area (Å²) >= 11 is 0. The number of unbranched alkanes of at least 4 members (excludes halogenated alkanes) is 15. The van der Waals surface area contributed by atoms with Crippen LogP contribution in [0.15, 0.2) is 24.0 Å². The third-order valence-corrected chi connectivity index (χ3v) is 5.35. The van der Waals surface area contributed by atoms with Gasteiger partial charge in [0.15, 0.2) is 0 Å². The van der Waals surface area contributed by atoms with E-state index in [9.17, 15) is 9.59 Å². The molecule has 0 atom stereocenters. The van der Waals surface area contributed by atoms with E-state index in [-0.39, 0.29) is 11.5 Å². The summed E-state index contributed by atoms with van der Waals surface area (Å²) in [5.74, 6) is -1.42. The first-order chi connectivity index (χ1) is 14.6. The van der Waals surface area contributed by atoms with E-state index in [1.54, 1.807) is 0 Å². The second-order valence-corrected chi connectivity index (χ2v) is 8.34. The molecule has 0 aliphatic carbocycles. The summed E-state index contributed by atoms with van der Waals surface area (Å²) in [5, 5.41) is 8.68. The lowest BCUT2D eigenvalue weighted by Gasteiger charge is -2.02. The van der Waals surface area contributed by atoms with Gasteiger partial charge in [-0.25, -0.2) is 4.79 Å². The van der Waals surface area contributed by atoms with Crippen LogP contribution in [0.4, 0.5) is 0 Å². The van der Waals surface area contributed by atoms with E-state index in [1.807, 2.05) is 0 Å². The van der Waals surface area contributed by atoms with Gasteiger partial charge in [-0.1, -0.05) is 96.1 Å². The summed E-state index contributed by atoms with van der Waals surface area (Å²) in [4.78, 5) is 22.1. The van der Waals surface area contributed by atoms with Crippen molar-refractivity contribution in [1.82, 2.24) is 0 Å². The Morgan fingerprint density at radius 3 is 1.60 bits per heavy atom. The molecule has 0 spiro atoms. The minimum Gasteiger partial charge on any atom is -0.478 e. The number of carboxylic acid groups (broad SMARTS) is 1.